The van der Waals surface area contributed by atoms with E-state index in [0.29, 0.717) is 29.2 Å². The maximum atomic E-state index is 11.9. The number of hydrogen-bond donors (Lipinski definition) is 1. The van der Waals surface area contributed by atoms with Crippen molar-refractivity contribution in [1.29, 1.82) is 0 Å². The first-order valence-electron chi connectivity index (χ1n) is 5.34. The number of aromatic nitrogens is 3. The van der Waals surface area contributed by atoms with E-state index < -0.39 is 0 Å². The van der Waals surface area contributed by atoms with Crippen LogP contribution in [0.1, 0.15) is 36.7 Å². The van der Waals surface area contributed by atoms with Crippen LogP contribution in [0.25, 0.3) is 0 Å². The normalized spacial score (nSPS) is 12.8. The fourth-order valence-corrected chi connectivity index (χ4v) is 2.10. The van der Waals surface area contributed by atoms with Crippen molar-refractivity contribution in [3.63, 3.8) is 0 Å². The van der Waals surface area contributed by atoms with Crippen molar-refractivity contribution in [2.45, 2.75) is 26.2 Å². The molecule has 1 unspecified atom stereocenters. The fourth-order valence-electron chi connectivity index (χ4n) is 1.55. The average Bonchev–Trinajstić information content (AvgIpc) is 2.56. The molecule has 0 saturated carbocycles. The van der Waals surface area contributed by atoms with Crippen LogP contribution in [0.2, 0.25) is 0 Å². The zero-order valence-electron chi connectivity index (χ0n) is 9.61. The molecule has 0 spiro atoms. The molecule has 0 aliphatic heterocycles. The number of aryl methyl sites for hydroxylation is 1. The molecular formula is C10H17BrN4O. The van der Waals surface area contributed by atoms with Crippen molar-refractivity contribution < 1.29 is 4.79 Å². The highest BCUT2D eigenvalue weighted by molar-refractivity contribution is 9.10. The minimum absolute atomic E-state index is 0.0725. The third kappa shape index (κ3) is 3.38. The molecule has 16 heavy (non-hydrogen) atoms. The molecular weight excluding hydrogens is 272 g/mol. The number of halogens is 1. The summed E-state index contributed by atoms with van der Waals surface area (Å²) >= 11 is 3.22. The molecule has 1 rings (SSSR count). The Kier molecular flexibility index (Phi) is 5.08. The Morgan fingerprint density at radius 1 is 1.56 bits per heavy atom. The van der Waals surface area contributed by atoms with Gasteiger partial charge in [-0.2, -0.15) is 0 Å². The predicted octanol–water partition coefficient (Wildman–Crippen LogP) is 1.53. The Bertz CT molecular complexity index is 344. The largest absolute Gasteiger partial charge is 0.330 e. The van der Waals surface area contributed by atoms with Crippen LogP contribution in [-0.2, 0) is 7.05 Å². The van der Waals surface area contributed by atoms with E-state index in [9.17, 15) is 4.79 Å². The minimum atomic E-state index is 0.0725. The Balaban J connectivity index is 2.53. The molecule has 0 bridgehead atoms. The molecule has 0 aliphatic carbocycles. The Hall–Kier alpha value is -0.750. The molecule has 90 valence electrons. The van der Waals surface area contributed by atoms with Crippen LogP contribution in [0.3, 0.4) is 0 Å². The molecule has 5 nitrogen and oxygen atoms in total. The van der Waals surface area contributed by atoms with E-state index in [1.54, 1.807) is 7.05 Å². The lowest BCUT2D eigenvalue weighted by Gasteiger charge is -2.08. The van der Waals surface area contributed by atoms with Crippen molar-refractivity contribution >= 4 is 21.7 Å². The highest BCUT2D eigenvalue weighted by Gasteiger charge is 2.17. The third-order valence-electron chi connectivity index (χ3n) is 2.57. The fraction of sp³-hybridized carbons (Fsp3) is 0.700. The second kappa shape index (κ2) is 6.10. The lowest BCUT2D eigenvalue weighted by molar-refractivity contribution is 0.0964. The highest BCUT2D eigenvalue weighted by atomic mass is 79.9. The first kappa shape index (κ1) is 13.3. The van der Waals surface area contributed by atoms with E-state index in [1.165, 1.54) is 4.68 Å². The second-order valence-corrected chi connectivity index (χ2v) is 4.75. The lowest BCUT2D eigenvalue weighted by Crippen LogP contribution is -2.11. The molecule has 1 atom stereocenters. The molecule has 0 aromatic carbocycles. The van der Waals surface area contributed by atoms with Crippen LogP contribution in [0.5, 0.6) is 0 Å². The molecule has 6 heteroatoms. The molecule has 1 heterocycles. The number of carbonyl (C=O) groups is 1. The van der Waals surface area contributed by atoms with Gasteiger partial charge in [0.25, 0.3) is 0 Å². The summed E-state index contributed by atoms with van der Waals surface area (Å²) in [5.41, 5.74) is 6.00. The van der Waals surface area contributed by atoms with Gasteiger partial charge in [-0.3, -0.25) is 4.79 Å². The molecule has 0 amide bonds. The van der Waals surface area contributed by atoms with E-state index in [-0.39, 0.29) is 5.78 Å². The van der Waals surface area contributed by atoms with Crippen LogP contribution in [-0.4, -0.2) is 27.3 Å². The van der Waals surface area contributed by atoms with Gasteiger partial charge in [0.05, 0.1) is 0 Å². The van der Waals surface area contributed by atoms with Gasteiger partial charge in [0.2, 0.25) is 0 Å². The van der Waals surface area contributed by atoms with E-state index in [1.807, 2.05) is 0 Å². The van der Waals surface area contributed by atoms with E-state index >= 15 is 0 Å². The monoisotopic (exact) mass is 288 g/mol. The average molecular weight is 289 g/mol. The van der Waals surface area contributed by atoms with Gasteiger partial charge >= 0.3 is 0 Å². The molecule has 0 fully saturated rings. The SMILES string of the molecule is CC(CCN)CCC(=O)c1c(Br)nnn1C. The zero-order chi connectivity index (χ0) is 12.1. The Morgan fingerprint density at radius 3 is 2.75 bits per heavy atom. The minimum Gasteiger partial charge on any atom is -0.330 e. The van der Waals surface area contributed by atoms with Crippen molar-refractivity contribution in [2.75, 3.05) is 6.54 Å². The highest BCUT2D eigenvalue weighted by Crippen LogP contribution is 2.17. The van der Waals surface area contributed by atoms with E-state index in [2.05, 4.69) is 33.2 Å². The maximum absolute atomic E-state index is 11.9. The van der Waals surface area contributed by atoms with Gasteiger partial charge in [-0.15, -0.1) is 5.10 Å². The lowest BCUT2D eigenvalue weighted by atomic mass is 9.99. The summed E-state index contributed by atoms with van der Waals surface area (Å²) in [6.45, 7) is 2.78. The van der Waals surface area contributed by atoms with Gasteiger partial charge in [-0.1, -0.05) is 12.1 Å². The van der Waals surface area contributed by atoms with Crippen molar-refractivity contribution in [3.8, 4) is 0 Å². The first-order chi connectivity index (χ1) is 7.56. The molecule has 1 aromatic heterocycles. The number of hydrogen-bond acceptors (Lipinski definition) is 4. The van der Waals surface area contributed by atoms with Gasteiger partial charge < -0.3 is 5.73 Å². The summed E-state index contributed by atoms with van der Waals surface area (Å²) in [4.78, 5) is 11.9. The van der Waals surface area contributed by atoms with Gasteiger partial charge in [0, 0.05) is 13.5 Å². The third-order valence-corrected chi connectivity index (χ3v) is 3.11. The Labute approximate surface area is 104 Å². The zero-order valence-corrected chi connectivity index (χ0v) is 11.2. The van der Waals surface area contributed by atoms with Crippen molar-refractivity contribution in [3.05, 3.63) is 10.3 Å². The smallest absolute Gasteiger partial charge is 0.183 e. The first-order valence-corrected chi connectivity index (χ1v) is 6.14. The second-order valence-electron chi connectivity index (χ2n) is 4.00. The van der Waals surface area contributed by atoms with Crippen LogP contribution < -0.4 is 5.73 Å². The van der Waals surface area contributed by atoms with Crippen molar-refractivity contribution in [1.82, 2.24) is 15.0 Å². The van der Waals surface area contributed by atoms with Crippen LogP contribution in [0.4, 0.5) is 0 Å². The molecule has 0 aliphatic rings. The Morgan fingerprint density at radius 2 is 2.25 bits per heavy atom. The van der Waals surface area contributed by atoms with Crippen LogP contribution in [0.15, 0.2) is 4.60 Å². The molecule has 0 saturated heterocycles. The number of nitrogens with two attached hydrogens (primary N) is 1. The number of rotatable bonds is 6. The van der Waals surface area contributed by atoms with E-state index in [4.69, 9.17) is 5.73 Å². The standard InChI is InChI=1S/C10H17BrN4O/c1-7(5-6-12)3-4-8(16)9-10(11)13-14-15(9)2/h7H,3-6,12H2,1-2H3. The maximum Gasteiger partial charge on any atom is 0.183 e. The van der Waals surface area contributed by atoms with Crippen LogP contribution >= 0.6 is 15.9 Å². The van der Waals surface area contributed by atoms with Gasteiger partial charge in [-0.05, 0) is 41.2 Å². The predicted molar refractivity (Wildman–Crippen MR) is 65.1 cm³/mol. The summed E-state index contributed by atoms with van der Waals surface area (Å²) in [6.07, 6.45) is 2.33. The quantitative estimate of drug-likeness (QED) is 0.806. The number of Topliss-reactive ketones (excluding diaryl/α,β-unsaturated/α-hetero) is 1. The number of nitrogens with zero attached hydrogens (tertiary/aromatic N) is 3. The summed E-state index contributed by atoms with van der Waals surface area (Å²) in [7, 11) is 1.72. The summed E-state index contributed by atoms with van der Waals surface area (Å²) in [5.74, 6) is 0.553. The van der Waals surface area contributed by atoms with Gasteiger partial charge in [-0.25, -0.2) is 4.68 Å². The van der Waals surface area contributed by atoms with Gasteiger partial charge in [0.15, 0.2) is 10.4 Å². The summed E-state index contributed by atoms with van der Waals surface area (Å²) < 4.78 is 2.02. The number of ketones is 1. The summed E-state index contributed by atoms with van der Waals surface area (Å²) in [5, 5.41) is 7.57. The van der Waals surface area contributed by atoms with E-state index in [0.717, 1.165) is 12.8 Å². The van der Waals surface area contributed by atoms with Gasteiger partial charge in [0.1, 0.15) is 5.69 Å². The summed E-state index contributed by atoms with van der Waals surface area (Å²) in [6, 6.07) is 0. The van der Waals surface area contributed by atoms with Crippen LogP contribution in [0, 0.1) is 5.92 Å². The van der Waals surface area contributed by atoms with Crippen molar-refractivity contribution in [2.24, 2.45) is 18.7 Å². The topological polar surface area (TPSA) is 73.8 Å². The molecule has 2 N–H and O–H groups in total. The number of carbonyl (C=O) groups excluding carboxylic acids is 1. The molecule has 0 radical (unpaired) electrons. The molecule has 1 aromatic rings.